The van der Waals surface area contributed by atoms with Gasteiger partial charge in [-0.25, -0.2) is 4.79 Å². The minimum atomic E-state index is -0.345. The van der Waals surface area contributed by atoms with E-state index < -0.39 is 0 Å². The molecule has 0 spiro atoms. The van der Waals surface area contributed by atoms with Gasteiger partial charge in [0, 0.05) is 13.2 Å². The van der Waals surface area contributed by atoms with E-state index in [1.54, 1.807) is 25.1 Å². The van der Waals surface area contributed by atoms with Gasteiger partial charge in [-0.1, -0.05) is 6.07 Å². The summed E-state index contributed by atoms with van der Waals surface area (Å²) in [6, 6.07) is 5.27. The van der Waals surface area contributed by atoms with E-state index in [0.717, 1.165) is 32.6 Å². The lowest BCUT2D eigenvalue weighted by Gasteiger charge is -2.23. The molecule has 3 N–H and O–H groups in total. The van der Waals surface area contributed by atoms with E-state index in [1.165, 1.54) is 0 Å². The van der Waals surface area contributed by atoms with Crippen molar-refractivity contribution in [2.24, 2.45) is 5.92 Å². The Balaban J connectivity index is 2.06. The molecular formula is C15H22N2O3. The number of carbonyl (C=O) groups excluding carboxylic acids is 1. The van der Waals surface area contributed by atoms with Crippen molar-refractivity contribution in [3.8, 4) is 0 Å². The van der Waals surface area contributed by atoms with Crippen LogP contribution in [0.4, 0.5) is 11.4 Å². The van der Waals surface area contributed by atoms with Gasteiger partial charge in [0.2, 0.25) is 0 Å². The number of hydrogen-bond donors (Lipinski definition) is 2. The third-order valence-electron chi connectivity index (χ3n) is 3.41. The second-order valence-electron chi connectivity index (χ2n) is 4.95. The number of ether oxygens (including phenoxy) is 2. The van der Waals surface area contributed by atoms with Crippen molar-refractivity contribution < 1.29 is 14.3 Å². The van der Waals surface area contributed by atoms with Gasteiger partial charge in [-0.3, -0.25) is 0 Å². The number of esters is 1. The summed E-state index contributed by atoms with van der Waals surface area (Å²) < 4.78 is 10.5. The minimum Gasteiger partial charge on any atom is -0.462 e. The maximum atomic E-state index is 11.9. The average molecular weight is 278 g/mol. The summed E-state index contributed by atoms with van der Waals surface area (Å²) in [6.45, 7) is 4.49. The molecule has 20 heavy (non-hydrogen) atoms. The van der Waals surface area contributed by atoms with Gasteiger partial charge >= 0.3 is 5.97 Å². The van der Waals surface area contributed by atoms with Gasteiger partial charge in [0.05, 0.1) is 30.2 Å². The quantitative estimate of drug-likeness (QED) is 0.638. The SMILES string of the molecule is CCOC(=O)c1cccc(N)c1NCC1CCCOC1. The molecule has 110 valence electrons. The molecule has 1 aliphatic heterocycles. The van der Waals surface area contributed by atoms with Crippen LogP contribution in [-0.2, 0) is 9.47 Å². The second kappa shape index (κ2) is 7.14. The highest BCUT2D eigenvalue weighted by Crippen LogP contribution is 2.25. The normalized spacial score (nSPS) is 18.6. The van der Waals surface area contributed by atoms with Crippen LogP contribution in [0.2, 0.25) is 0 Å². The number of nitrogens with one attached hydrogen (secondary N) is 1. The zero-order valence-corrected chi connectivity index (χ0v) is 11.9. The Morgan fingerprint density at radius 3 is 3.10 bits per heavy atom. The number of nitrogen functional groups attached to an aromatic ring is 1. The van der Waals surface area contributed by atoms with Crippen molar-refractivity contribution >= 4 is 17.3 Å². The van der Waals surface area contributed by atoms with Crippen molar-refractivity contribution in [2.45, 2.75) is 19.8 Å². The molecule has 0 saturated carbocycles. The lowest BCUT2D eigenvalue weighted by Crippen LogP contribution is -2.25. The average Bonchev–Trinajstić information content (AvgIpc) is 2.47. The fourth-order valence-corrected chi connectivity index (χ4v) is 2.36. The Morgan fingerprint density at radius 1 is 1.55 bits per heavy atom. The first kappa shape index (κ1) is 14.7. The summed E-state index contributed by atoms with van der Waals surface area (Å²) in [6.07, 6.45) is 2.22. The molecule has 5 heteroatoms. The molecule has 1 fully saturated rings. The summed E-state index contributed by atoms with van der Waals surface area (Å²) in [5.74, 6) is 0.112. The lowest BCUT2D eigenvalue weighted by atomic mass is 10.0. The Kier molecular flexibility index (Phi) is 5.24. The van der Waals surface area contributed by atoms with Crippen molar-refractivity contribution in [3.63, 3.8) is 0 Å². The van der Waals surface area contributed by atoms with Gasteiger partial charge in [0.15, 0.2) is 0 Å². The Labute approximate surface area is 119 Å². The molecule has 2 rings (SSSR count). The van der Waals surface area contributed by atoms with E-state index in [2.05, 4.69) is 5.32 Å². The van der Waals surface area contributed by atoms with Crippen molar-refractivity contribution in [2.75, 3.05) is 37.4 Å². The number of carbonyl (C=O) groups is 1. The fourth-order valence-electron chi connectivity index (χ4n) is 2.36. The maximum Gasteiger partial charge on any atom is 0.340 e. The highest BCUT2D eigenvalue weighted by Gasteiger charge is 2.18. The number of para-hydroxylation sites is 1. The van der Waals surface area contributed by atoms with E-state index in [-0.39, 0.29) is 5.97 Å². The van der Waals surface area contributed by atoms with Crippen molar-refractivity contribution in [1.82, 2.24) is 0 Å². The summed E-state index contributed by atoms with van der Waals surface area (Å²) in [7, 11) is 0. The third-order valence-corrected chi connectivity index (χ3v) is 3.41. The number of benzene rings is 1. The smallest absolute Gasteiger partial charge is 0.340 e. The first-order valence-corrected chi connectivity index (χ1v) is 7.09. The molecule has 1 atom stereocenters. The molecule has 1 aliphatic rings. The topological polar surface area (TPSA) is 73.6 Å². The Morgan fingerprint density at radius 2 is 2.40 bits per heavy atom. The molecule has 1 heterocycles. The van der Waals surface area contributed by atoms with E-state index in [0.29, 0.717) is 29.5 Å². The molecule has 0 amide bonds. The highest BCUT2D eigenvalue weighted by molar-refractivity contribution is 5.98. The maximum absolute atomic E-state index is 11.9. The summed E-state index contributed by atoms with van der Waals surface area (Å²) >= 11 is 0. The van der Waals surface area contributed by atoms with Crippen LogP contribution < -0.4 is 11.1 Å². The number of rotatable bonds is 5. The van der Waals surface area contributed by atoms with Crippen LogP contribution in [-0.4, -0.2) is 32.3 Å². The van der Waals surface area contributed by atoms with Gasteiger partial charge in [0.25, 0.3) is 0 Å². The van der Waals surface area contributed by atoms with Crippen LogP contribution in [0, 0.1) is 5.92 Å². The predicted octanol–water partition coefficient (Wildman–Crippen LogP) is 2.28. The fraction of sp³-hybridized carbons (Fsp3) is 0.533. The van der Waals surface area contributed by atoms with Gasteiger partial charge in [-0.2, -0.15) is 0 Å². The van der Waals surface area contributed by atoms with Crippen LogP contribution in [0.5, 0.6) is 0 Å². The van der Waals surface area contributed by atoms with Crippen LogP contribution in [0.1, 0.15) is 30.1 Å². The van der Waals surface area contributed by atoms with Crippen molar-refractivity contribution in [3.05, 3.63) is 23.8 Å². The molecule has 0 radical (unpaired) electrons. The molecule has 0 aliphatic carbocycles. The molecule has 1 unspecified atom stereocenters. The van der Waals surface area contributed by atoms with Gasteiger partial charge < -0.3 is 20.5 Å². The lowest BCUT2D eigenvalue weighted by molar-refractivity contribution is 0.0527. The molecule has 1 aromatic carbocycles. The summed E-state index contributed by atoms with van der Waals surface area (Å²) in [5.41, 5.74) is 7.68. The van der Waals surface area contributed by atoms with Crippen molar-refractivity contribution in [1.29, 1.82) is 0 Å². The summed E-state index contributed by atoms with van der Waals surface area (Å²) in [5, 5.41) is 3.28. The van der Waals surface area contributed by atoms with Crippen LogP contribution in [0.15, 0.2) is 18.2 Å². The van der Waals surface area contributed by atoms with Crippen LogP contribution >= 0.6 is 0 Å². The molecule has 1 saturated heterocycles. The minimum absolute atomic E-state index is 0.345. The molecule has 0 bridgehead atoms. The summed E-state index contributed by atoms with van der Waals surface area (Å²) in [4.78, 5) is 11.9. The molecule has 1 aromatic rings. The first-order valence-electron chi connectivity index (χ1n) is 7.09. The highest BCUT2D eigenvalue weighted by atomic mass is 16.5. The van der Waals surface area contributed by atoms with E-state index in [4.69, 9.17) is 15.2 Å². The van der Waals surface area contributed by atoms with Crippen LogP contribution in [0.25, 0.3) is 0 Å². The van der Waals surface area contributed by atoms with E-state index >= 15 is 0 Å². The molecular weight excluding hydrogens is 256 g/mol. The monoisotopic (exact) mass is 278 g/mol. The zero-order chi connectivity index (χ0) is 14.4. The standard InChI is InChI=1S/C15H22N2O3/c1-2-20-15(18)12-6-3-7-13(16)14(12)17-9-11-5-4-8-19-10-11/h3,6-7,11,17H,2,4-5,8-10,16H2,1H3. The van der Waals surface area contributed by atoms with Gasteiger partial charge in [-0.15, -0.1) is 0 Å². The van der Waals surface area contributed by atoms with Gasteiger partial charge in [0.1, 0.15) is 0 Å². The van der Waals surface area contributed by atoms with Gasteiger partial charge in [-0.05, 0) is 37.8 Å². The largest absolute Gasteiger partial charge is 0.462 e. The van der Waals surface area contributed by atoms with E-state index in [1.807, 2.05) is 0 Å². The number of hydrogen-bond acceptors (Lipinski definition) is 5. The van der Waals surface area contributed by atoms with Crippen LogP contribution in [0.3, 0.4) is 0 Å². The van der Waals surface area contributed by atoms with E-state index in [9.17, 15) is 4.79 Å². The predicted molar refractivity (Wildman–Crippen MR) is 78.8 cm³/mol. The second-order valence-corrected chi connectivity index (χ2v) is 4.95. The molecule has 0 aromatic heterocycles. The Hall–Kier alpha value is -1.75. The Bertz CT molecular complexity index is 456. The number of anilines is 2. The zero-order valence-electron chi connectivity index (χ0n) is 11.9. The molecule has 5 nitrogen and oxygen atoms in total. The third kappa shape index (κ3) is 3.63. The number of nitrogens with two attached hydrogens (primary N) is 1. The first-order chi connectivity index (χ1) is 9.72.